The summed E-state index contributed by atoms with van der Waals surface area (Å²) in [5.74, 6) is 0. The van der Waals surface area contributed by atoms with Crippen LogP contribution >= 0.6 is 0 Å². The topological polar surface area (TPSA) is 20.2 Å². The van der Waals surface area contributed by atoms with E-state index in [2.05, 4.69) is 20.8 Å². The molecule has 0 spiro atoms. The fourth-order valence-electron chi connectivity index (χ4n) is 1.26. The van der Waals surface area contributed by atoms with Gasteiger partial charge in [0.05, 0.1) is 6.10 Å². The largest absolute Gasteiger partial charge is 0.393 e. The van der Waals surface area contributed by atoms with Gasteiger partial charge in [0.1, 0.15) is 0 Å². The molecule has 0 aromatic rings. The molecular formula is C10H22O. The molecule has 0 aromatic carbocycles. The molecule has 2 unspecified atom stereocenters. The van der Waals surface area contributed by atoms with Crippen molar-refractivity contribution in [1.82, 2.24) is 0 Å². The van der Waals surface area contributed by atoms with Crippen molar-refractivity contribution in [1.29, 1.82) is 0 Å². The first-order valence-electron chi connectivity index (χ1n) is 4.75. The second-order valence-corrected chi connectivity index (χ2v) is 3.79. The quantitative estimate of drug-likeness (QED) is 0.652. The minimum Gasteiger partial charge on any atom is -0.393 e. The molecule has 0 aliphatic carbocycles. The predicted octanol–water partition coefficient (Wildman–Crippen LogP) is 2.97. The normalized spacial score (nSPS) is 19.4. The lowest BCUT2D eigenvalue weighted by atomic mass is 9.78. The van der Waals surface area contributed by atoms with E-state index >= 15 is 0 Å². The number of unbranched alkanes of at least 4 members (excludes halogenated alkanes) is 1. The van der Waals surface area contributed by atoms with Crippen molar-refractivity contribution >= 4 is 0 Å². The Morgan fingerprint density at radius 2 is 1.91 bits per heavy atom. The molecule has 0 radical (unpaired) electrons. The average molecular weight is 158 g/mol. The first-order chi connectivity index (χ1) is 5.06. The van der Waals surface area contributed by atoms with Crippen LogP contribution in [0.1, 0.15) is 53.4 Å². The average Bonchev–Trinajstić information content (AvgIpc) is 2.00. The first kappa shape index (κ1) is 11.0. The number of hydrogen-bond donors (Lipinski definition) is 1. The highest BCUT2D eigenvalue weighted by Gasteiger charge is 2.26. The van der Waals surface area contributed by atoms with Crippen LogP contribution in [0.15, 0.2) is 0 Å². The van der Waals surface area contributed by atoms with Crippen LogP contribution in [0.2, 0.25) is 0 Å². The van der Waals surface area contributed by atoms with Gasteiger partial charge in [-0.3, -0.25) is 0 Å². The second kappa shape index (κ2) is 4.76. The number of hydrogen-bond acceptors (Lipinski definition) is 1. The molecule has 0 aliphatic heterocycles. The monoisotopic (exact) mass is 158 g/mol. The van der Waals surface area contributed by atoms with Crippen molar-refractivity contribution < 1.29 is 5.11 Å². The molecule has 68 valence electrons. The standard InChI is InChI=1S/C10H22O/c1-5-7-8-10(4,6-2)9(3)11/h9,11H,5-8H2,1-4H3. The minimum absolute atomic E-state index is 0.149. The lowest BCUT2D eigenvalue weighted by Crippen LogP contribution is -2.28. The van der Waals surface area contributed by atoms with Crippen LogP contribution in [0.5, 0.6) is 0 Å². The Labute approximate surface area is 70.8 Å². The van der Waals surface area contributed by atoms with Crippen molar-refractivity contribution in [3.05, 3.63) is 0 Å². The molecule has 0 saturated carbocycles. The van der Waals surface area contributed by atoms with Gasteiger partial charge in [-0.15, -0.1) is 0 Å². The maximum Gasteiger partial charge on any atom is 0.0565 e. The molecule has 0 aliphatic rings. The van der Waals surface area contributed by atoms with Crippen LogP contribution in [-0.4, -0.2) is 11.2 Å². The van der Waals surface area contributed by atoms with E-state index in [-0.39, 0.29) is 11.5 Å². The lowest BCUT2D eigenvalue weighted by Gasteiger charge is -2.31. The summed E-state index contributed by atoms with van der Waals surface area (Å²) in [5, 5.41) is 9.50. The minimum atomic E-state index is -0.168. The molecule has 2 atom stereocenters. The van der Waals surface area contributed by atoms with Gasteiger partial charge in [0.15, 0.2) is 0 Å². The number of aliphatic hydroxyl groups excluding tert-OH is 1. The van der Waals surface area contributed by atoms with Crippen LogP contribution in [-0.2, 0) is 0 Å². The van der Waals surface area contributed by atoms with Gasteiger partial charge >= 0.3 is 0 Å². The van der Waals surface area contributed by atoms with E-state index in [1.165, 1.54) is 12.8 Å². The van der Waals surface area contributed by atoms with E-state index in [1.807, 2.05) is 6.92 Å². The van der Waals surface area contributed by atoms with Gasteiger partial charge in [0.2, 0.25) is 0 Å². The second-order valence-electron chi connectivity index (χ2n) is 3.79. The van der Waals surface area contributed by atoms with Crippen molar-refractivity contribution in [3.8, 4) is 0 Å². The summed E-state index contributed by atoms with van der Waals surface area (Å²) in [6.45, 7) is 8.42. The highest BCUT2D eigenvalue weighted by atomic mass is 16.3. The van der Waals surface area contributed by atoms with E-state index in [0.29, 0.717) is 0 Å². The molecule has 0 rings (SSSR count). The molecule has 1 nitrogen and oxygen atoms in total. The Morgan fingerprint density at radius 3 is 2.18 bits per heavy atom. The maximum atomic E-state index is 9.50. The van der Waals surface area contributed by atoms with Crippen LogP contribution in [0.3, 0.4) is 0 Å². The van der Waals surface area contributed by atoms with E-state index in [9.17, 15) is 5.11 Å². The van der Waals surface area contributed by atoms with Gasteiger partial charge in [-0.1, -0.05) is 33.6 Å². The summed E-state index contributed by atoms with van der Waals surface area (Å²) < 4.78 is 0. The third-order valence-electron chi connectivity index (χ3n) is 2.92. The van der Waals surface area contributed by atoms with E-state index in [0.717, 1.165) is 12.8 Å². The van der Waals surface area contributed by atoms with Crippen LogP contribution in [0.4, 0.5) is 0 Å². The zero-order valence-corrected chi connectivity index (χ0v) is 8.35. The van der Waals surface area contributed by atoms with Crippen LogP contribution in [0, 0.1) is 5.41 Å². The zero-order valence-electron chi connectivity index (χ0n) is 8.35. The summed E-state index contributed by atoms with van der Waals surface area (Å²) in [6.07, 6.45) is 4.51. The molecule has 0 saturated heterocycles. The Morgan fingerprint density at radius 1 is 1.36 bits per heavy atom. The number of aliphatic hydroxyl groups is 1. The maximum absolute atomic E-state index is 9.50. The molecule has 0 bridgehead atoms. The lowest BCUT2D eigenvalue weighted by molar-refractivity contribution is 0.0408. The molecule has 0 fully saturated rings. The smallest absolute Gasteiger partial charge is 0.0565 e. The summed E-state index contributed by atoms with van der Waals surface area (Å²) in [4.78, 5) is 0. The predicted molar refractivity (Wildman–Crippen MR) is 49.6 cm³/mol. The van der Waals surface area contributed by atoms with Gasteiger partial charge in [0.25, 0.3) is 0 Å². The van der Waals surface area contributed by atoms with Gasteiger partial charge in [-0.25, -0.2) is 0 Å². The van der Waals surface area contributed by atoms with Crippen LogP contribution in [0.25, 0.3) is 0 Å². The Balaban J connectivity index is 3.88. The highest BCUT2D eigenvalue weighted by Crippen LogP contribution is 2.31. The molecule has 1 heteroatoms. The van der Waals surface area contributed by atoms with Crippen molar-refractivity contribution in [2.24, 2.45) is 5.41 Å². The van der Waals surface area contributed by atoms with Gasteiger partial charge in [-0.05, 0) is 25.2 Å². The van der Waals surface area contributed by atoms with Crippen molar-refractivity contribution in [2.45, 2.75) is 59.5 Å². The molecule has 1 N–H and O–H groups in total. The first-order valence-corrected chi connectivity index (χ1v) is 4.75. The van der Waals surface area contributed by atoms with Gasteiger partial charge in [-0.2, -0.15) is 0 Å². The molecule has 0 aromatic heterocycles. The SMILES string of the molecule is CCCCC(C)(CC)C(C)O. The molecule has 11 heavy (non-hydrogen) atoms. The Bertz CT molecular complexity index is 99.0. The summed E-state index contributed by atoms with van der Waals surface area (Å²) in [5.41, 5.74) is 0.149. The summed E-state index contributed by atoms with van der Waals surface area (Å²) >= 11 is 0. The Kier molecular flexibility index (Phi) is 4.74. The van der Waals surface area contributed by atoms with Gasteiger partial charge < -0.3 is 5.11 Å². The molecular weight excluding hydrogens is 136 g/mol. The fraction of sp³-hybridized carbons (Fsp3) is 1.00. The zero-order chi connectivity index (χ0) is 8.91. The molecule has 0 amide bonds. The summed E-state index contributed by atoms with van der Waals surface area (Å²) in [7, 11) is 0. The third kappa shape index (κ3) is 3.24. The third-order valence-corrected chi connectivity index (χ3v) is 2.92. The van der Waals surface area contributed by atoms with E-state index < -0.39 is 0 Å². The van der Waals surface area contributed by atoms with Crippen molar-refractivity contribution in [3.63, 3.8) is 0 Å². The van der Waals surface area contributed by atoms with Crippen LogP contribution < -0.4 is 0 Å². The van der Waals surface area contributed by atoms with Gasteiger partial charge in [0, 0.05) is 0 Å². The fourth-order valence-corrected chi connectivity index (χ4v) is 1.26. The molecule has 0 heterocycles. The van der Waals surface area contributed by atoms with E-state index in [1.54, 1.807) is 0 Å². The number of rotatable bonds is 5. The highest BCUT2D eigenvalue weighted by molar-refractivity contribution is 4.77. The van der Waals surface area contributed by atoms with E-state index in [4.69, 9.17) is 0 Å². The Hall–Kier alpha value is -0.0400. The van der Waals surface area contributed by atoms with Crippen molar-refractivity contribution in [2.75, 3.05) is 0 Å². The summed E-state index contributed by atoms with van der Waals surface area (Å²) in [6, 6.07) is 0.